The van der Waals surface area contributed by atoms with Gasteiger partial charge in [-0.05, 0) is 35.9 Å². The molecule has 0 bridgehead atoms. The molecule has 0 N–H and O–H groups in total. The van der Waals surface area contributed by atoms with Crippen molar-refractivity contribution in [3.63, 3.8) is 0 Å². The van der Waals surface area contributed by atoms with Crippen molar-refractivity contribution < 1.29 is 16.8 Å². The van der Waals surface area contributed by atoms with E-state index in [-0.39, 0.29) is 0 Å². The first-order valence-corrected chi connectivity index (χ1v) is 13.1. The Morgan fingerprint density at radius 3 is 2.18 bits per heavy atom. The van der Waals surface area contributed by atoms with Crippen molar-refractivity contribution in [2.24, 2.45) is 0 Å². The summed E-state index contributed by atoms with van der Waals surface area (Å²) in [5.41, 5.74) is 1.11. The highest BCUT2D eigenvalue weighted by Crippen LogP contribution is 2.64. The zero-order valence-electron chi connectivity index (χ0n) is 15.8. The van der Waals surface area contributed by atoms with Gasteiger partial charge in [0.25, 0.3) is 10.1 Å². The second-order valence-electron chi connectivity index (χ2n) is 7.08. The molecule has 0 amide bonds. The quantitative estimate of drug-likeness (QED) is 0.549. The Morgan fingerprint density at radius 1 is 0.857 bits per heavy atom. The SMILES string of the molecule is CS(=O)(=O)OS1(c2ccc(OCc3ccccc3)c3ccccc23)CCCC1. The summed E-state index contributed by atoms with van der Waals surface area (Å²) in [6.45, 7) is 0.488. The van der Waals surface area contributed by atoms with E-state index in [0.29, 0.717) is 6.61 Å². The fourth-order valence-corrected chi connectivity index (χ4v) is 9.37. The van der Waals surface area contributed by atoms with Gasteiger partial charge in [0.2, 0.25) is 0 Å². The Kier molecular flexibility index (Phi) is 5.36. The number of hydrogen-bond donors (Lipinski definition) is 0. The third kappa shape index (κ3) is 4.04. The average Bonchev–Trinajstić information content (AvgIpc) is 3.14. The van der Waals surface area contributed by atoms with E-state index in [0.717, 1.165) is 57.6 Å². The molecule has 6 heteroatoms. The minimum Gasteiger partial charge on any atom is -0.488 e. The minimum atomic E-state index is -3.53. The van der Waals surface area contributed by atoms with E-state index in [1.54, 1.807) is 0 Å². The summed E-state index contributed by atoms with van der Waals surface area (Å²) in [7, 11) is -5.38. The van der Waals surface area contributed by atoms with Crippen LogP contribution in [0.15, 0.2) is 71.6 Å². The third-order valence-corrected chi connectivity index (χ3v) is 10.0. The first-order valence-electron chi connectivity index (χ1n) is 9.35. The molecule has 0 aliphatic carbocycles. The normalized spacial score (nSPS) is 17.5. The number of ether oxygens (including phenoxy) is 1. The lowest BCUT2D eigenvalue weighted by Gasteiger charge is -2.35. The summed E-state index contributed by atoms with van der Waals surface area (Å²) >= 11 is 0. The molecule has 1 heterocycles. The maximum atomic E-state index is 12.0. The van der Waals surface area contributed by atoms with Gasteiger partial charge in [-0.2, -0.15) is 8.42 Å². The van der Waals surface area contributed by atoms with Crippen LogP contribution in [-0.4, -0.2) is 26.2 Å². The summed E-state index contributed by atoms with van der Waals surface area (Å²) in [6.07, 6.45) is 3.14. The first-order chi connectivity index (χ1) is 13.5. The fraction of sp³-hybridized carbons (Fsp3) is 0.273. The lowest BCUT2D eigenvalue weighted by Crippen LogP contribution is -2.13. The molecule has 0 saturated carbocycles. The van der Waals surface area contributed by atoms with Gasteiger partial charge in [0, 0.05) is 21.8 Å². The lowest BCUT2D eigenvalue weighted by atomic mass is 10.1. The van der Waals surface area contributed by atoms with E-state index < -0.39 is 20.4 Å². The van der Waals surface area contributed by atoms with Crippen molar-refractivity contribution in [1.29, 1.82) is 0 Å². The first kappa shape index (κ1) is 19.3. The molecule has 1 aliphatic rings. The summed E-state index contributed by atoms with van der Waals surface area (Å²) < 4.78 is 35.9. The zero-order chi connectivity index (χ0) is 19.6. The van der Waals surface area contributed by atoms with Gasteiger partial charge in [-0.25, -0.2) is 3.63 Å². The molecule has 0 aromatic heterocycles. The zero-order valence-corrected chi connectivity index (χ0v) is 17.5. The molecule has 1 fully saturated rings. The lowest BCUT2D eigenvalue weighted by molar-refractivity contribution is 0.310. The van der Waals surface area contributed by atoms with Crippen LogP contribution in [0.5, 0.6) is 5.75 Å². The Hall–Kier alpha value is -2.02. The van der Waals surface area contributed by atoms with Crippen molar-refractivity contribution in [2.45, 2.75) is 24.3 Å². The van der Waals surface area contributed by atoms with Gasteiger partial charge in [0.05, 0.1) is 6.26 Å². The van der Waals surface area contributed by atoms with Crippen LogP contribution in [-0.2, 0) is 20.4 Å². The van der Waals surface area contributed by atoms with E-state index in [4.69, 9.17) is 8.37 Å². The molecule has 0 atom stereocenters. The fourth-order valence-electron chi connectivity index (χ4n) is 3.76. The van der Waals surface area contributed by atoms with E-state index >= 15 is 0 Å². The Morgan fingerprint density at radius 2 is 1.50 bits per heavy atom. The predicted octanol–water partition coefficient (Wildman–Crippen LogP) is 5.27. The van der Waals surface area contributed by atoms with Gasteiger partial charge in [0.15, 0.2) is 0 Å². The molecule has 1 aliphatic heterocycles. The van der Waals surface area contributed by atoms with Crippen LogP contribution >= 0.6 is 10.3 Å². The molecule has 0 radical (unpaired) electrons. The van der Waals surface area contributed by atoms with Gasteiger partial charge in [-0.15, -0.1) is 0 Å². The van der Waals surface area contributed by atoms with Gasteiger partial charge in [-0.1, -0.05) is 64.9 Å². The molecule has 28 heavy (non-hydrogen) atoms. The van der Waals surface area contributed by atoms with E-state index in [2.05, 4.69) is 0 Å². The number of hydrogen-bond acceptors (Lipinski definition) is 4. The highest BCUT2D eigenvalue weighted by molar-refractivity contribution is 8.33. The molecule has 1 saturated heterocycles. The molecule has 0 unspecified atom stereocenters. The largest absolute Gasteiger partial charge is 0.488 e. The molecule has 148 valence electrons. The van der Waals surface area contributed by atoms with Crippen LogP contribution in [0.1, 0.15) is 18.4 Å². The molecular formula is C22H24O4S2. The van der Waals surface area contributed by atoms with E-state index in [1.165, 1.54) is 0 Å². The smallest absolute Gasteiger partial charge is 0.273 e. The number of benzene rings is 3. The maximum Gasteiger partial charge on any atom is 0.273 e. The Bertz CT molecular complexity index is 1070. The van der Waals surface area contributed by atoms with Crippen molar-refractivity contribution in [3.05, 3.63) is 72.3 Å². The van der Waals surface area contributed by atoms with Crippen molar-refractivity contribution in [3.8, 4) is 5.75 Å². The predicted molar refractivity (Wildman–Crippen MR) is 115 cm³/mol. The van der Waals surface area contributed by atoms with Gasteiger partial charge >= 0.3 is 0 Å². The molecule has 3 aromatic rings. The van der Waals surface area contributed by atoms with Gasteiger partial charge in [0.1, 0.15) is 12.4 Å². The minimum absolute atomic E-state index is 0.488. The Balaban J connectivity index is 1.75. The van der Waals surface area contributed by atoms with Crippen molar-refractivity contribution in [2.75, 3.05) is 17.8 Å². The third-order valence-electron chi connectivity index (χ3n) is 4.93. The molecule has 3 aromatic carbocycles. The summed E-state index contributed by atoms with van der Waals surface area (Å²) in [4.78, 5) is 1.01. The van der Waals surface area contributed by atoms with Crippen LogP contribution < -0.4 is 4.74 Å². The molecule has 4 rings (SSSR count). The summed E-state index contributed by atoms with van der Waals surface area (Å²) in [5.74, 6) is 2.37. The summed E-state index contributed by atoms with van der Waals surface area (Å²) in [6, 6.07) is 22.0. The standard InChI is InChI=1S/C22H24O4S2/c1-27(23,24)26-28(15-7-8-16-28)22-14-13-21(19-11-5-6-12-20(19)22)25-17-18-9-3-2-4-10-18/h2-6,9-14H,7-8,15-17H2,1H3. The van der Waals surface area contributed by atoms with Crippen LogP contribution in [0.4, 0.5) is 0 Å². The van der Waals surface area contributed by atoms with Gasteiger partial charge < -0.3 is 4.74 Å². The summed E-state index contributed by atoms with van der Waals surface area (Å²) in [5, 5.41) is 2.01. The van der Waals surface area contributed by atoms with Crippen LogP contribution in [0.3, 0.4) is 0 Å². The van der Waals surface area contributed by atoms with Crippen LogP contribution in [0.25, 0.3) is 10.8 Å². The van der Waals surface area contributed by atoms with Crippen molar-refractivity contribution >= 4 is 31.2 Å². The van der Waals surface area contributed by atoms with E-state index in [1.807, 2.05) is 66.7 Å². The molecule has 4 nitrogen and oxygen atoms in total. The number of fused-ring (bicyclic) bond motifs is 1. The number of rotatable bonds is 6. The highest BCUT2D eigenvalue weighted by atomic mass is 32.3. The molecule has 0 spiro atoms. The topological polar surface area (TPSA) is 52.6 Å². The van der Waals surface area contributed by atoms with Gasteiger partial charge in [-0.3, -0.25) is 0 Å². The monoisotopic (exact) mass is 416 g/mol. The average molecular weight is 417 g/mol. The second kappa shape index (κ2) is 7.78. The maximum absolute atomic E-state index is 12.0. The van der Waals surface area contributed by atoms with Crippen LogP contribution in [0, 0.1) is 0 Å². The van der Waals surface area contributed by atoms with Crippen molar-refractivity contribution in [1.82, 2.24) is 0 Å². The highest BCUT2D eigenvalue weighted by Gasteiger charge is 2.36. The molecular weight excluding hydrogens is 392 g/mol. The second-order valence-corrected chi connectivity index (χ2v) is 11.9. The Labute approximate surface area is 168 Å². The van der Waals surface area contributed by atoms with E-state index in [9.17, 15) is 8.42 Å². The van der Waals surface area contributed by atoms with Crippen LogP contribution in [0.2, 0.25) is 0 Å².